The molecule has 6 nitrogen and oxygen atoms in total. The number of alkyl halides is 3. The van der Waals surface area contributed by atoms with Gasteiger partial charge >= 0.3 is 6.18 Å². The predicted octanol–water partition coefficient (Wildman–Crippen LogP) is 3.93. The van der Waals surface area contributed by atoms with Crippen molar-refractivity contribution in [3.05, 3.63) is 71.3 Å². The molecule has 2 aromatic heterocycles. The second-order valence-corrected chi connectivity index (χ2v) is 7.02. The van der Waals surface area contributed by atoms with Crippen LogP contribution < -0.4 is 11.1 Å². The Bertz CT molecular complexity index is 1110. The molecule has 1 aliphatic rings. The summed E-state index contributed by atoms with van der Waals surface area (Å²) in [6, 6.07) is 12.7. The van der Waals surface area contributed by atoms with Crippen LogP contribution in [-0.4, -0.2) is 20.9 Å². The first-order valence-electron chi connectivity index (χ1n) is 8.29. The van der Waals surface area contributed by atoms with Gasteiger partial charge in [-0.15, -0.1) is 0 Å². The van der Waals surface area contributed by atoms with Gasteiger partial charge in [0.25, 0.3) is 5.91 Å². The fourth-order valence-corrected chi connectivity index (χ4v) is 3.75. The highest BCUT2D eigenvalue weighted by Gasteiger charge is 2.35. The second-order valence-electron chi connectivity index (χ2n) is 5.97. The number of carbonyl (C=O) groups excluding carboxylic acids is 1. The number of primary amides is 1. The molecule has 0 radical (unpaired) electrons. The Morgan fingerprint density at radius 1 is 1.03 bits per heavy atom. The van der Waals surface area contributed by atoms with Gasteiger partial charge in [0.2, 0.25) is 0 Å². The van der Waals surface area contributed by atoms with E-state index in [9.17, 15) is 18.0 Å². The first-order chi connectivity index (χ1) is 13.8. The fraction of sp³-hybridized carbons (Fsp3) is 0.0526. The van der Waals surface area contributed by atoms with E-state index in [1.807, 2.05) is 6.07 Å². The summed E-state index contributed by atoms with van der Waals surface area (Å²) in [6.45, 7) is 0. The molecule has 0 bridgehead atoms. The van der Waals surface area contributed by atoms with E-state index in [4.69, 9.17) is 5.73 Å². The van der Waals surface area contributed by atoms with E-state index in [1.165, 1.54) is 24.0 Å². The number of halogens is 3. The lowest BCUT2D eigenvalue weighted by molar-refractivity contribution is -0.141. The molecule has 4 rings (SSSR count). The highest BCUT2D eigenvalue weighted by atomic mass is 32.2. The minimum atomic E-state index is -4.74. The maximum absolute atomic E-state index is 13.5. The van der Waals surface area contributed by atoms with E-state index >= 15 is 0 Å². The molecular formula is C19H12F3N5OS. The molecule has 3 N–H and O–H groups in total. The van der Waals surface area contributed by atoms with Gasteiger partial charge in [-0.1, -0.05) is 30.0 Å². The largest absolute Gasteiger partial charge is 0.433 e. The monoisotopic (exact) mass is 415 g/mol. The third-order valence-electron chi connectivity index (χ3n) is 3.99. The van der Waals surface area contributed by atoms with Gasteiger partial charge in [0.15, 0.2) is 5.82 Å². The Kier molecular flexibility index (Phi) is 4.71. The Morgan fingerprint density at radius 3 is 2.45 bits per heavy atom. The van der Waals surface area contributed by atoms with Crippen molar-refractivity contribution in [2.45, 2.75) is 11.1 Å². The predicted molar refractivity (Wildman–Crippen MR) is 102 cm³/mol. The van der Waals surface area contributed by atoms with Gasteiger partial charge in [0.1, 0.15) is 11.3 Å². The van der Waals surface area contributed by atoms with Gasteiger partial charge in [-0.2, -0.15) is 13.2 Å². The molecule has 1 aromatic carbocycles. The Labute approximate surface area is 167 Å². The van der Waals surface area contributed by atoms with Crippen molar-refractivity contribution in [3.8, 4) is 11.4 Å². The number of nitrogens with two attached hydrogens (primary N) is 1. The molecule has 0 aliphatic carbocycles. The lowest BCUT2D eigenvalue weighted by Crippen LogP contribution is -2.20. The number of amides is 1. The molecule has 29 heavy (non-hydrogen) atoms. The molecule has 1 aliphatic heterocycles. The van der Waals surface area contributed by atoms with E-state index < -0.39 is 23.6 Å². The quantitative estimate of drug-likeness (QED) is 0.630. The highest BCUT2D eigenvalue weighted by molar-refractivity contribution is 8.04. The molecule has 3 heterocycles. The number of rotatable bonds is 3. The van der Waals surface area contributed by atoms with Crippen LogP contribution in [0.2, 0.25) is 0 Å². The Hall–Kier alpha value is -3.40. The van der Waals surface area contributed by atoms with E-state index in [0.29, 0.717) is 5.69 Å². The molecule has 146 valence electrons. The van der Waals surface area contributed by atoms with Crippen LogP contribution in [0.4, 0.5) is 18.9 Å². The summed E-state index contributed by atoms with van der Waals surface area (Å²) in [5, 5.41) is 3.27. The Morgan fingerprint density at radius 2 is 1.79 bits per heavy atom. The number of nitrogens with one attached hydrogen (secondary N) is 1. The van der Waals surface area contributed by atoms with Crippen LogP contribution in [0.1, 0.15) is 11.5 Å². The SMILES string of the molecule is NC(=O)/C(=C1\Nc2ccccc2S1)c1nc(-c2ccccn2)cc(C(F)(F)F)n1. The fourth-order valence-electron chi connectivity index (χ4n) is 2.70. The lowest BCUT2D eigenvalue weighted by Gasteiger charge is -2.12. The summed E-state index contributed by atoms with van der Waals surface area (Å²) in [7, 11) is 0. The van der Waals surface area contributed by atoms with Crippen LogP contribution in [0.15, 0.2) is 64.7 Å². The number of benzene rings is 1. The molecule has 0 fully saturated rings. The van der Waals surface area contributed by atoms with Gasteiger partial charge in [0, 0.05) is 11.1 Å². The zero-order valence-corrected chi connectivity index (χ0v) is 15.4. The summed E-state index contributed by atoms with van der Waals surface area (Å²) in [6.07, 6.45) is -3.31. The number of hydrogen-bond donors (Lipinski definition) is 2. The first kappa shape index (κ1) is 18.9. The normalized spacial score (nSPS) is 14.9. The number of para-hydroxylation sites is 1. The van der Waals surface area contributed by atoms with E-state index in [2.05, 4.69) is 20.3 Å². The average molecular weight is 415 g/mol. The topological polar surface area (TPSA) is 93.8 Å². The first-order valence-corrected chi connectivity index (χ1v) is 9.10. The molecule has 0 saturated heterocycles. The van der Waals surface area contributed by atoms with Crippen LogP contribution in [0.5, 0.6) is 0 Å². The van der Waals surface area contributed by atoms with Crippen LogP contribution in [-0.2, 0) is 11.0 Å². The van der Waals surface area contributed by atoms with Crippen molar-refractivity contribution in [2.75, 3.05) is 5.32 Å². The summed E-state index contributed by atoms with van der Waals surface area (Å²) in [5.41, 5.74) is 4.94. The van der Waals surface area contributed by atoms with E-state index in [0.717, 1.165) is 11.0 Å². The average Bonchev–Trinajstić information content (AvgIpc) is 3.11. The smallest absolute Gasteiger partial charge is 0.365 e. The summed E-state index contributed by atoms with van der Waals surface area (Å²) in [4.78, 5) is 24.8. The number of nitrogens with zero attached hydrogens (tertiary/aromatic N) is 3. The summed E-state index contributed by atoms with van der Waals surface area (Å²) < 4.78 is 40.4. The number of aromatic nitrogens is 3. The number of fused-ring (bicyclic) bond motifs is 1. The second kappa shape index (κ2) is 7.21. The van der Waals surface area contributed by atoms with E-state index in [1.54, 1.807) is 30.3 Å². The molecule has 1 amide bonds. The van der Waals surface area contributed by atoms with Gasteiger partial charge in [-0.25, -0.2) is 9.97 Å². The van der Waals surface area contributed by atoms with Crippen LogP contribution in [0.3, 0.4) is 0 Å². The summed E-state index contributed by atoms with van der Waals surface area (Å²) >= 11 is 1.17. The maximum atomic E-state index is 13.5. The number of carbonyl (C=O) groups is 1. The molecule has 0 saturated carbocycles. The number of thioether (sulfide) groups is 1. The van der Waals surface area contributed by atoms with Crippen molar-refractivity contribution in [3.63, 3.8) is 0 Å². The highest BCUT2D eigenvalue weighted by Crippen LogP contribution is 2.43. The Balaban J connectivity index is 1.90. The third kappa shape index (κ3) is 3.79. The standard InChI is InChI=1S/C19H12F3N5OS/c20-19(21,22)14-9-12(10-5-3-4-8-24-10)25-17(27-14)15(16(23)28)18-26-11-6-1-2-7-13(11)29-18/h1-9,26H,(H2,23,28)/b18-15-. The van der Waals surface area contributed by atoms with E-state index in [-0.39, 0.29) is 22.0 Å². The van der Waals surface area contributed by atoms with Crippen molar-refractivity contribution >= 4 is 28.9 Å². The van der Waals surface area contributed by atoms with Crippen LogP contribution in [0.25, 0.3) is 17.0 Å². The zero-order valence-electron chi connectivity index (χ0n) is 14.6. The van der Waals surface area contributed by atoms with Crippen molar-refractivity contribution < 1.29 is 18.0 Å². The number of hydrogen-bond acceptors (Lipinski definition) is 6. The molecule has 10 heteroatoms. The lowest BCUT2D eigenvalue weighted by atomic mass is 10.2. The molecule has 0 spiro atoms. The van der Waals surface area contributed by atoms with Crippen molar-refractivity contribution in [1.82, 2.24) is 15.0 Å². The summed E-state index contributed by atoms with van der Waals surface area (Å²) in [5.74, 6) is -1.37. The number of anilines is 1. The molecule has 0 atom stereocenters. The molecule has 3 aromatic rings. The van der Waals surface area contributed by atoms with Gasteiger partial charge in [0.05, 0.1) is 22.1 Å². The van der Waals surface area contributed by atoms with Gasteiger partial charge in [-0.05, 0) is 30.3 Å². The maximum Gasteiger partial charge on any atom is 0.433 e. The van der Waals surface area contributed by atoms with Gasteiger partial charge < -0.3 is 11.1 Å². The van der Waals surface area contributed by atoms with Gasteiger partial charge in [-0.3, -0.25) is 9.78 Å². The number of pyridine rings is 1. The minimum Gasteiger partial charge on any atom is -0.365 e. The zero-order chi connectivity index (χ0) is 20.6. The minimum absolute atomic E-state index is 0.0669. The molecule has 0 unspecified atom stereocenters. The van der Waals surface area contributed by atoms with Crippen molar-refractivity contribution in [1.29, 1.82) is 0 Å². The van der Waals surface area contributed by atoms with Crippen LogP contribution in [0, 0.1) is 0 Å². The van der Waals surface area contributed by atoms with Crippen molar-refractivity contribution in [2.24, 2.45) is 5.73 Å². The van der Waals surface area contributed by atoms with Crippen LogP contribution >= 0.6 is 11.8 Å². The molecular weight excluding hydrogens is 403 g/mol. The third-order valence-corrected chi connectivity index (χ3v) is 5.07.